The maximum Gasteiger partial charge on any atom is 0.382 e. The third kappa shape index (κ3) is 4.24. The Labute approximate surface area is 124 Å². The largest absolute Gasteiger partial charge is 0.477 e. The number of rotatable bonds is 6. The fourth-order valence-electron chi connectivity index (χ4n) is 1.60. The number of carbonyl (C=O) groups excluding carboxylic acids is 2. The van der Waals surface area contributed by atoms with Gasteiger partial charge in [-0.25, -0.2) is 9.59 Å². The van der Waals surface area contributed by atoms with Crippen LogP contribution in [-0.4, -0.2) is 35.0 Å². The van der Waals surface area contributed by atoms with E-state index in [4.69, 9.17) is 5.11 Å². The summed E-state index contributed by atoms with van der Waals surface area (Å²) in [6.07, 6.45) is -3.77. The van der Waals surface area contributed by atoms with Crippen LogP contribution in [0.3, 0.4) is 0 Å². The van der Waals surface area contributed by atoms with Gasteiger partial charge in [0, 0.05) is 6.92 Å². The van der Waals surface area contributed by atoms with Gasteiger partial charge in [0.2, 0.25) is 6.10 Å². The Balaban J connectivity index is 3.05. The smallest absolute Gasteiger partial charge is 0.382 e. The van der Waals surface area contributed by atoms with E-state index in [0.29, 0.717) is 0 Å². The topological polar surface area (TPSA) is 89.9 Å². The minimum Gasteiger partial charge on any atom is -0.477 e. The molecular formula is C14H14F2O6. The maximum absolute atomic E-state index is 13.8. The van der Waals surface area contributed by atoms with Gasteiger partial charge < -0.3 is 14.6 Å². The highest BCUT2D eigenvalue weighted by atomic mass is 19.3. The summed E-state index contributed by atoms with van der Waals surface area (Å²) < 4.78 is 36.7. The van der Waals surface area contributed by atoms with Crippen LogP contribution >= 0.6 is 0 Å². The van der Waals surface area contributed by atoms with E-state index in [-0.39, 0.29) is 5.56 Å². The molecular weight excluding hydrogens is 302 g/mol. The third-order valence-electron chi connectivity index (χ3n) is 2.63. The zero-order chi connectivity index (χ0) is 16.9. The second-order valence-electron chi connectivity index (χ2n) is 4.41. The van der Waals surface area contributed by atoms with Crippen molar-refractivity contribution < 1.29 is 37.7 Å². The van der Waals surface area contributed by atoms with E-state index in [2.05, 4.69) is 9.47 Å². The van der Waals surface area contributed by atoms with Crippen LogP contribution in [0.1, 0.15) is 25.5 Å². The first-order valence-electron chi connectivity index (χ1n) is 6.20. The van der Waals surface area contributed by atoms with Gasteiger partial charge in [-0.1, -0.05) is 30.3 Å². The van der Waals surface area contributed by atoms with Gasteiger partial charge in [0.25, 0.3) is 0 Å². The molecule has 22 heavy (non-hydrogen) atoms. The molecule has 1 N–H and O–H groups in total. The lowest BCUT2D eigenvalue weighted by molar-refractivity contribution is -0.200. The highest BCUT2D eigenvalue weighted by Gasteiger charge is 2.51. The predicted octanol–water partition coefficient (Wildman–Crippen LogP) is 1.94. The van der Waals surface area contributed by atoms with Gasteiger partial charge in [0.15, 0.2) is 6.10 Å². The molecule has 0 amide bonds. The average molecular weight is 316 g/mol. The minimum atomic E-state index is -4.34. The third-order valence-corrected chi connectivity index (χ3v) is 2.63. The molecule has 0 aliphatic carbocycles. The van der Waals surface area contributed by atoms with Crippen molar-refractivity contribution in [3.8, 4) is 0 Å². The number of benzene rings is 1. The van der Waals surface area contributed by atoms with Gasteiger partial charge in [0.1, 0.15) is 0 Å². The number of hydrogen-bond donors (Lipinski definition) is 1. The van der Waals surface area contributed by atoms with Gasteiger partial charge in [-0.3, -0.25) is 4.79 Å². The summed E-state index contributed by atoms with van der Waals surface area (Å²) in [4.78, 5) is 33.2. The van der Waals surface area contributed by atoms with Gasteiger partial charge in [-0.15, -0.1) is 0 Å². The van der Waals surface area contributed by atoms with E-state index in [9.17, 15) is 23.2 Å². The fraction of sp³-hybridized carbons (Fsp3) is 0.357. The van der Waals surface area contributed by atoms with Crippen LogP contribution in [0.4, 0.5) is 8.78 Å². The number of carboxylic acid groups (broad SMARTS) is 1. The number of alkyl halides is 2. The Morgan fingerprint density at radius 3 is 2.14 bits per heavy atom. The fourth-order valence-corrected chi connectivity index (χ4v) is 1.60. The van der Waals surface area contributed by atoms with E-state index in [1.807, 2.05) is 0 Å². The number of halogens is 2. The van der Waals surface area contributed by atoms with Crippen LogP contribution in [0.2, 0.25) is 0 Å². The number of ether oxygens (including phenoxy) is 2. The molecule has 1 aromatic rings. The van der Waals surface area contributed by atoms with E-state index in [1.165, 1.54) is 30.3 Å². The lowest BCUT2D eigenvalue weighted by Crippen LogP contribution is -2.40. The monoisotopic (exact) mass is 316 g/mol. The summed E-state index contributed by atoms with van der Waals surface area (Å²) in [6, 6.07) is 6.71. The van der Waals surface area contributed by atoms with Crippen LogP contribution in [0.5, 0.6) is 0 Å². The Bertz CT molecular complexity index is 558. The summed E-state index contributed by atoms with van der Waals surface area (Å²) in [6.45, 7) is 2.16. The molecule has 2 atom stereocenters. The SMILES string of the molecule is CC(=O)OC(C)C(=O)OC(c1ccccc1)C(F)(F)C(=O)O. The van der Waals surface area contributed by atoms with Crippen LogP contribution in [0, 0.1) is 0 Å². The summed E-state index contributed by atoms with van der Waals surface area (Å²) in [5, 5.41) is 8.64. The standard InChI is InChI=1S/C14H14F2O6/c1-8(21-9(2)17)12(18)22-11(14(15,16)13(19)20)10-6-4-3-5-7-10/h3-8,11H,1-2H3,(H,19,20). The number of carboxylic acids is 1. The normalized spacial score (nSPS) is 13.8. The summed E-state index contributed by atoms with van der Waals surface area (Å²) >= 11 is 0. The first-order valence-corrected chi connectivity index (χ1v) is 6.20. The van der Waals surface area contributed by atoms with Gasteiger partial charge >= 0.3 is 23.8 Å². The molecule has 0 saturated heterocycles. The molecule has 0 aliphatic rings. The van der Waals surface area contributed by atoms with Crippen molar-refractivity contribution in [2.75, 3.05) is 0 Å². The van der Waals surface area contributed by atoms with Gasteiger partial charge in [-0.05, 0) is 12.5 Å². The first-order chi connectivity index (χ1) is 10.2. The molecule has 1 aromatic carbocycles. The highest BCUT2D eigenvalue weighted by molar-refractivity contribution is 5.80. The van der Waals surface area contributed by atoms with E-state index in [1.54, 1.807) is 0 Å². The van der Waals surface area contributed by atoms with Crippen molar-refractivity contribution in [3.63, 3.8) is 0 Å². The Hall–Kier alpha value is -2.51. The first kappa shape index (κ1) is 17.5. The van der Waals surface area contributed by atoms with Crippen LogP contribution < -0.4 is 0 Å². The minimum absolute atomic E-state index is 0.196. The second kappa shape index (κ2) is 6.97. The summed E-state index contributed by atoms with van der Waals surface area (Å²) in [5.74, 6) is -8.85. The van der Waals surface area contributed by atoms with Gasteiger partial charge in [0.05, 0.1) is 0 Å². The average Bonchev–Trinajstić information content (AvgIpc) is 2.44. The molecule has 2 unspecified atom stereocenters. The van der Waals surface area contributed by atoms with Crippen molar-refractivity contribution in [3.05, 3.63) is 35.9 Å². The zero-order valence-corrected chi connectivity index (χ0v) is 11.8. The molecule has 8 heteroatoms. The molecule has 0 aliphatic heterocycles. The van der Waals surface area contributed by atoms with Crippen LogP contribution in [0.15, 0.2) is 30.3 Å². The van der Waals surface area contributed by atoms with Crippen LogP contribution in [-0.2, 0) is 23.9 Å². The Kier molecular flexibility index (Phi) is 5.56. The van der Waals surface area contributed by atoms with Crippen LogP contribution in [0.25, 0.3) is 0 Å². The van der Waals surface area contributed by atoms with E-state index in [0.717, 1.165) is 13.8 Å². The molecule has 0 radical (unpaired) electrons. The van der Waals surface area contributed by atoms with Crippen molar-refractivity contribution in [1.82, 2.24) is 0 Å². The molecule has 0 aromatic heterocycles. The highest BCUT2D eigenvalue weighted by Crippen LogP contribution is 2.35. The second-order valence-corrected chi connectivity index (χ2v) is 4.41. The number of hydrogen-bond acceptors (Lipinski definition) is 5. The molecule has 6 nitrogen and oxygen atoms in total. The number of esters is 2. The van der Waals surface area contributed by atoms with Crippen molar-refractivity contribution in [1.29, 1.82) is 0 Å². The summed E-state index contributed by atoms with van der Waals surface area (Å²) in [7, 11) is 0. The summed E-state index contributed by atoms with van der Waals surface area (Å²) in [5.41, 5.74) is -0.196. The lowest BCUT2D eigenvalue weighted by atomic mass is 10.0. The molecule has 120 valence electrons. The Morgan fingerprint density at radius 1 is 1.14 bits per heavy atom. The number of aliphatic carboxylic acids is 1. The van der Waals surface area contributed by atoms with Gasteiger partial charge in [-0.2, -0.15) is 8.78 Å². The molecule has 0 spiro atoms. The van der Waals surface area contributed by atoms with Crippen molar-refractivity contribution in [2.45, 2.75) is 32.0 Å². The predicted molar refractivity (Wildman–Crippen MR) is 69.1 cm³/mol. The Morgan fingerprint density at radius 2 is 1.68 bits per heavy atom. The zero-order valence-electron chi connectivity index (χ0n) is 11.8. The maximum atomic E-state index is 13.8. The van der Waals surface area contributed by atoms with E-state index >= 15 is 0 Å². The van der Waals surface area contributed by atoms with E-state index < -0.39 is 36.0 Å². The number of carbonyl (C=O) groups is 3. The molecule has 0 fully saturated rings. The molecule has 0 saturated carbocycles. The van der Waals surface area contributed by atoms with Crippen molar-refractivity contribution in [2.24, 2.45) is 0 Å². The quantitative estimate of drug-likeness (QED) is 0.807. The molecule has 0 bridgehead atoms. The lowest BCUT2D eigenvalue weighted by Gasteiger charge is -2.25. The molecule has 1 rings (SSSR count). The molecule has 0 heterocycles. The van der Waals surface area contributed by atoms with Crippen molar-refractivity contribution >= 4 is 17.9 Å².